The second-order valence-electron chi connectivity index (χ2n) is 4.89. The molecule has 0 nitrogen and oxygen atoms in total. The molecule has 0 spiro atoms. The van der Waals surface area contributed by atoms with Crippen molar-refractivity contribution in [1.82, 2.24) is 0 Å². The van der Waals surface area contributed by atoms with Crippen LogP contribution in [0.1, 0.15) is 63.9 Å². The van der Waals surface area contributed by atoms with Gasteiger partial charge in [-0.25, -0.2) is 0 Å². The van der Waals surface area contributed by atoms with E-state index in [1.165, 1.54) is 56.9 Å². The van der Waals surface area contributed by atoms with Gasteiger partial charge in [0.05, 0.1) is 0 Å². The average molecular weight is 231 g/mol. The van der Waals surface area contributed by atoms with Gasteiger partial charge in [0, 0.05) is 0 Å². The zero-order chi connectivity index (χ0) is 12.2. The molecule has 0 aliphatic rings. The van der Waals surface area contributed by atoms with E-state index in [1.54, 1.807) is 0 Å². The van der Waals surface area contributed by atoms with E-state index in [0.717, 1.165) is 6.42 Å². The third kappa shape index (κ3) is 8.01. The van der Waals surface area contributed by atoms with E-state index >= 15 is 0 Å². The van der Waals surface area contributed by atoms with Gasteiger partial charge in [0.15, 0.2) is 0 Å². The lowest BCUT2D eigenvalue weighted by atomic mass is 10.0. The van der Waals surface area contributed by atoms with Gasteiger partial charge < -0.3 is 0 Å². The van der Waals surface area contributed by atoms with Crippen LogP contribution in [0.3, 0.4) is 0 Å². The fourth-order valence-electron chi connectivity index (χ4n) is 2.13. The molecule has 0 atom stereocenters. The van der Waals surface area contributed by atoms with Crippen LogP contribution < -0.4 is 0 Å². The molecule has 95 valence electrons. The van der Waals surface area contributed by atoms with Crippen molar-refractivity contribution in [3.8, 4) is 0 Å². The molecule has 0 saturated carbocycles. The minimum atomic E-state index is 1.14. The van der Waals surface area contributed by atoms with Crippen LogP contribution in [0, 0.1) is 6.42 Å². The highest BCUT2D eigenvalue weighted by Gasteiger charge is 1.94. The number of benzene rings is 1. The molecule has 0 amide bonds. The molecule has 1 rings (SSSR count). The summed E-state index contributed by atoms with van der Waals surface area (Å²) in [6.45, 7) is 2.28. The summed E-state index contributed by atoms with van der Waals surface area (Å²) in [5.41, 5.74) is 1.44. The highest BCUT2D eigenvalue weighted by Crippen LogP contribution is 2.11. The first-order valence-electron chi connectivity index (χ1n) is 7.29. The molecule has 0 heterocycles. The second-order valence-corrected chi connectivity index (χ2v) is 4.89. The Morgan fingerprint density at radius 1 is 0.824 bits per heavy atom. The van der Waals surface area contributed by atoms with Gasteiger partial charge >= 0.3 is 0 Å². The van der Waals surface area contributed by atoms with Crippen molar-refractivity contribution in [2.24, 2.45) is 0 Å². The summed E-state index contributed by atoms with van der Waals surface area (Å²) in [4.78, 5) is 0. The van der Waals surface area contributed by atoms with Crippen molar-refractivity contribution in [3.05, 3.63) is 42.3 Å². The molecular weight excluding hydrogens is 204 g/mol. The maximum atomic E-state index is 2.43. The van der Waals surface area contributed by atoms with Crippen LogP contribution >= 0.6 is 0 Å². The zero-order valence-electron chi connectivity index (χ0n) is 11.3. The molecule has 0 saturated heterocycles. The van der Waals surface area contributed by atoms with E-state index in [1.807, 2.05) is 0 Å². The van der Waals surface area contributed by atoms with Crippen LogP contribution in [0.5, 0.6) is 0 Å². The first kappa shape index (κ1) is 14.3. The smallest absolute Gasteiger partial charge is 0.0248 e. The van der Waals surface area contributed by atoms with Crippen molar-refractivity contribution < 1.29 is 0 Å². The van der Waals surface area contributed by atoms with Crippen LogP contribution in [-0.4, -0.2) is 0 Å². The standard InChI is InChI=1S/C17H27/c1-2-3-4-5-6-7-8-9-11-14-17-15-12-10-13-16-17/h10-13,15-16H,2-9,14H2,1H3. The van der Waals surface area contributed by atoms with Crippen LogP contribution in [0.4, 0.5) is 0 Å². The van der Waals surface area contributed by atoms with Gasteiger partial charge in [-0.15, -0.1) is 0 Å². The molecule has 0 aromatic heterocycles. The Morgan fingerprint density at radius 2 is 1.47 bits per heavy atom. The molecule has 1 aromatic carbocycles. The quantitative estimate of drug-likeness (QED) is 0.461. The molecule has 0 heteroatoms. The SMILES string of the molecule is CCCCCCCCC[CH]Cc1ccccc1. The Bertz CT molecular complexity index is 250. The number of unbranched alkanes of at least 4 members (excludes halogenated alkanes) is 8. The first-order valence-corrected chi connectivity index (χ1v) is 7.29. The minimum Gasteiger partial charge on any atom is -0.0654 e. The van der Waals surface area contributed by atoms with Crippen LogP contribution in [-0.2, 0) is 6.42 Å². The molecule has 1 radical (unpaired) electrons. The third-order valence-electron chi connectivity index (χ3n) is 3.23. The lowest BCUT2D eigenvalue weighted by Gasteiger charge is -2.02. The predicted octanol–water partition coefficient (Wildman–Crippen LogP) is 5.57. The van der Waals surface area contributed by atoms with E-state index < -0.39 is 0 Å². The Hall–Kier alpha value is -0.780. The fourth-order valence-corrected chi connectivity index (χ4v) is 2.13. The van der Waals surface area contributed by atoms with Gasteiger partial charge in [-0.2, -0.15) is 0 Å². The van der Waals surface area contributed by atoms with E-state index in [0.29, 0.717) is 0 Å². The van der Waals surface area contributed by atoms with Crippen LogP contribution in [0.15, 0.2) is 30.3 Å². The van der Waals surface area contributed by atoms with Gasteiger partial charge in [-0.05, 0) is 24.8 Å². The van der Waals surface area contributed by atoms with Gasteiger partial charge in [0.1, 0.15) is 0 Å². The Kier molecular flexibility index (Phi) is 8.72. The number of rotatable bonds is 10. The Labute approximate surface area is 107 Å². The third-order valence-corrected chi connectivity index (χ3v) is 3.23. The molecule has 0 bridgehead atoms. The molecular formula is C17H27. The van der Waals surface area contributed by atoms with Crippen molar-refractivity contribution in [3.63, 3.8) is 0 Å². The molecule has 0 aliphatic heterocycles. The Morgan fingerprint density at radius 3 is 2.18 bits per heavy atom. The summed E-state index contributed by atoms with van der Waals surface area (Å²) in [6, 6.07) is 10.7. The molecule has 0 unspecified atom stereocenters. The summed E-state index contributed by atoms with van der Waals surface area (Å²) in [7, 11) is 0. The maximum absolute atomic E-state index is 2.43. The summed E-state index contributed by atoms with van der Waals surface area (Å²) < 4.78 is 0. The topological polar surface area (TPSA) is 0 Å². The molecule has 0 aliphatic carbocycles. The van der Waals surface area contributed by atoms with E-state index in [4.69, 9.17) is 0 Å². The average Bonchev–Trinajstić information content (AvgIpc) is 2.38. The van der Waals surface area contributed by atoms with Gasteiger partial charge in [0.2, 0.25) is 0 Å². The summed E-state index contributed by atoms with van der Waals surface area (Å²) >= 11 is 0. The largest absolute Gasteiger partial charge is 0.0654 e. The van der Waals surface area contributed by atoms with Gasteiger partial charge in [-0.1, -0.05) is 82.2 Å². The normalized spacial score (nSPS) is 10.6. The highest BCUT2D eigenvalue weighted by atomic mass is 14.0. The van der Waals surface area contributed by atoms with Crippen molar-refractivity contribution >= 4 is 0 Å². The summed E-state index contributed by atoms with van der Waals surface area (Å²) in [5, 5.41) is 0. The second kappa shape index (κ2) is 10.4. The monoisotopic (exact) mass is 231 g/mol. The van der Waals surface area contributed by atoms with Crippen molar-refractivity contribution in [2.75, 3.05) is 0 Å². The van der Waals surface area contributed by atoms with E-state index in [2.05, 4.69) is 43.7 Å². The predicted molar refractivity (Wildman–Crippen MR) is 77.1 cm³/mol. The maximum Gasteiger partial charge on any atom is -0.0248 e. The van der Waals surface area contributed by atoms with Crippen molar-refractivity contribution in [2.45, 2.75) is 64.7 Å². The highest BCUT2D eigenvalue weighted by molar-refractivity contribution is 5.16. The van der Waals surface area contributed by atoms with Crippen LogP contribution in [0.2, 0.25) is 0 Å². The lowest BCUT2D eigenvalue weighted by molar-refractivity contribution is 0.586. The molecule has 1 aromatic rings. The van der Waals surface area contributed by atoms with E-state index in [-0.39, 0.29) is 0 Å². The molecule has 17 heavy (non-hydrogen) atoms. The number of hydrogen-bond donors (Lipinski definition) is 0. The first-order chi connectivity index (χ1) is 8.43. The van der Waals surface area contributed by atoms with Gasteiger partial charge in [0.25, 0.3) is 0 Å². The van der Waals surface area contributed by atoms with Crippen molar-refractivity contribution in [1.29, 1.82) is 0 Å². The zero-order valence-corrected chi connectivity index (χ0v) is 11.3. The minimum absolute atomic E-state index is 1.14. The summed E-state index contributed by atoms with van der Waals surface area (Å²) in [5.74, 6) is 0. The number of hydrogen-bond acceptors (Lipinski definition) is 0. The molecule has 0 fully saturated rings. The van der Waals surface area contributed by atoms with Crippen LogP contribution in [0.25, 0.3) is 0 Å². The summed E-state index contributed by atoms with van der Waals surface area (Å²) in [6.07, 6.45) is 14.7. The van der Waals surface area contributed by atoms with E-state index in [9.17, 15) is 0 Å². The lowest BCUT2D eigenvalue weighted by Crippen LogP contribution is -1.86. The Balaban J connectivity index is 1.85. The fraction of sp³-hybridized carbons (Fsp3) is 0.588. The molecule has 0 N–H and O–H groups in total. The van der Waals surface area contributed by atoms with Gasteiger partial charge in [-0.3, -0.25) is 0 Å².